The number of hydrogen-bond donors (Lipinski definition) is 3. The van der Waals surface area contributed by atoms with Crippen molar-refractivity contribution < 1.29 is 14.2 Å². The Morgan fingerprint density at radius 2 is 1.89 bits per heavy atom. The number of aryl methyl sites for hydroxylation is 1. The first-order valence-corrected chi connectivity index (χ1v) is 16.9. The topological polar surface area (TPSA) is 115 Å². The number of nitrogens with one attached hydrogen (secondary N) is 3. The highest BCUT2D eigenvalue weighted by atomic mass is 127. The summed E-state index contributed by atoms with van der Waals surface area (Å²) in [4.78, 5) is 25.4. The number of ether oxygens (including phenoxy) is 1. The Labute approximate surface area is 232 Å². The molecular weight excluding hydrogens is 604 g/mol. The normalized spacial score (nSPS) is 14.3. The van der Waals surface area contributed by atoms with E-state index < -0.39 is 0 Å². The van der Waals surface area contributed by atoms with E-state index in [0.717, 1.165) is 48.5 Å². The van der Waals surface area contributed by atoms with E-state index in [2.05, 4.69) is 48.1 Å². The molecule has 0 spiro atoms. The van der Waals surface area contributed by atoms with Crippen molar-refractivity contribution in [2.75, 3.05) is 17.2 Å². The highest BCUT2D eigenvalue weighted by Crippen LogP contribution is 2.27. The minimum atomic E-state index is -0.0591. The van der Waals surface area contributed by atoms with Gasteiger partial charge in [-0.2, -0.15) is 9.97 Å². The number of nitrogens with zero attached hydrogens (tertiary/aromatic N) is 4. The molecule has 3 aromatic rings. The van der Waals surface area contributed by atoms with E-state index in [1.807, 2.05) is 35.9 Å². The van der Waals surface area contributed by atoms with Crippen molar-refractivity contribution in [2.24, 2.45) is 7.05 Å². The SMILES string of the molecule is Cn1cnc2nc(Nc3ccc(OCCCCCCC(=O)NOPI)cc3)nc(NC3CCCCC3)c21. The molecule has 1 saturated carbocycles. The van der Waals surface area contributed by atoms with Crippen LogP contribution in [0, 0.1) is 0 Å². The average Bonchev–Trinajstić information content (AvgIpc) is 3.29. The van der Waals surface area contributed by atoms with Crippen LogP contribution >= 0.6 is 28.5 Å². The van der Waals surface area contributed by atoms with E-state index in [4.69, 9.17) is 14.3 Å². The van der Waals surface area contributed by atoms with Crippen LogP contribution in [-0.2, 0) is 16.5 Å². The van der Waals surface area contributed by atoms with Gasteiger partial charge in [-0.3, -0.25) is 4.79 Å². The Hall–Kier alpha value is -2.24. The van der Waals surface area contributed by atoms with E-state index in [-0.39, 0.29) is 12.4 Å². The number of benzene rings is 1. The van der Waals surface area contributed by atoms with Crippen molar-refractivity contribution >= 4 is 63.0 Å². The molecule has 37 heavy (non-hydrogen) atoms. The summed E-state index contributed by atoms with van der Waals surface area (Å²) in [6.07, 6.45) is 12.2. The summed E-state index contributed by atoms with van der Waals surface area (Å²) in [6.45, 7) is 0.882. The van der Waals surface area contributed by atoms with Gasteiger partial charge >= 0.3 is 0 Å². The average molecular weight is 639 g/mol. The van der Waals surface area contributed by atoms with Crippen LogP contribution in [0.1, 0.15) is 64.2 Å². The smallest absolute Gasteiger partial charge is 0.243 e. The van der Waals surface area contributed by atoms with Gasteiger partial charge in [0.1, 0.15) is 17.7 Å². The van der Waals surface area contributed by atoms with Crippen molar-refractivity contribution in [3.63, 3.8) is 0 Å². The number of rotatable bonds is 14. The molecule has 0 aliphatic heterocycles. The second-order valence-electron chi connectivity index (χ2n) is 9.27. The Morgan fingerprint density at radius 1 is 1.11 bits per heavy atom. The molecule has 4 rings (SSSR count). The molecular formula is C25H35IN7O3P. The molecule has 3 N–H and O–H groups in total. The number of amides is 1. The molecule has 2 heterocycles. The van der Waals surface area contributed by atoms with Crippen LogP contribution in [-0.4, -0.2) is 38.1 Å². The van der Waals surface area contributed by atoms with E-state index in [1.54, 1.807) is 6.33 Å². The van der Waals surface area contributed by atoms with Gasteiger partial charge in [0.15, 0.2) is 11.5 Å². The lowest BCUT2D eigenvalue weighted by molar-refractivity contribution is -0.127. The van der Waals surface area contributed by atoms with Crippen LogP contribution in [0.2, 0.25) is 0 Å². The van der Waals surface area contributed by atoms with E-state index >= 15 is 0 Å². The lowest BCUT2D eigenvalue weighted by Gasteiger charge is -2.23. The maximum Gasteiger partial charge on any atom is 0.243 e. The monoisotopic (exact) mass is 639 g/mol. The molecule has 1 atom stereocenters. The van der Waals surface area contributed by atoms with Gasteiger partial charge in [-0.05, 0) is 72.0 Å². The molecule has 200 valence electrons. The zero-order valence-electron chi connectivity index (χ0n) is 21.1. The Balaban J connectivity index is 1.25. The van der Waals surface area contributed by atoms with Crippen LogP contribution in [0.5, 0.6) is 5.75 Å². The number of imidazole rings is 1. The minimum absolute atomic E-state index is 0.0591. The molecule has 1 aliphatic carbocycles. The van der Waals surface area contributed by atoms with Crippen molar-refractivity contribution in [1.82, 2.24) is 25.0 Å². The number of fused-ring (bicyclic) bond motifs is 1. The van der Waals surface area contributed by atoms with Crippen LogP contribution in [0.15, 0.2) is 30.6 Å². The number of unbranched alkanes of at least 4 members (excludes halogenated alkanes) is 3. The van der Waals surface area contributed by atoms with Crippen molar-refractivity contribution in [3.05, 3.63) is 30.6 Å². The van der Waals surface area contributed by atoms with Gasteiger partial charge in [-0.15, -0.1) is 0 Å². The van der Waals surface area contributed by atoms with Crippen LogP contribution in [0.3, 0.4) is 0 Å². The lowest BCUT2D eigenvalue weighted by atomic mass is 9.95. The zero-order chi connectivity index (χ0) is 25.9. The third-order valence-corrected chi connectivity index (χ3v) is 7.24. The van der Waals surface area contributed by atoms with Crippen molar-refractivity contribution in [1.29, 1.82) is 0 Å². The molecule has 10 nitrogen and oxygen atoms in total. The fourth-order valence-corrected chi connectivity index (χ4v) is 4.96. The maximum absolute atomic E-state index is 11.5. The lowest BCUT2D eigenvalue weighted by Crippen LogP contribution is -2.23. The Bertz CT molecular complexity index is 1140. The molecule has 1 amide bonds. The van der Waals surface area contributed by atoms with Crippen LogP contribution in [0.4, 0.5) is 17.5 Å². The fourth-order valence-electron chi connectivity index (χ4n) is 4.48. The second kappa shape index (κ2) is 14.6. The van der Waals surface area contributed by atoms with Gasteiger partial charge in [-0.1, -0.05) is 32.1 Å². The van der Waals surface area contributed by atoms with Gasteiger partial charge in [-0.25, -0.2) is 15.1 Å². The molecule has 0 radical (unpaired) electrons. The maximum atomic E-state index is 11.5. The summed E-state index contributed by atoms with van der Waals surface area (Å²) in [7, 11) is 1.97. The molecule has 1 aliphatic rings. The quantitative estimate of drug-likeness (QED) is 0.0831. The van der Waals surface area contributed by atoms with E-state index in [1.165, 1.54) is 32.1 Å². The van der Waals surface area contributed by atoms with Crippen molar-refractivity contribution in [2.45, 2.75) is 70.3 Å². The zero-order valence-corrected chi connectivity index (χ0v) is 24.3. The highest BCUT2D eigenvalue weighted by Gasteiger charge is 2.18. The highest BCUT2D eigenvalue weighted by molar-refractivity contribution is 14.2. The summed E-state index contributed by atoms with van der Waals surface area (Å²) in [6, 6.07) is 8.26. The Kier molecular flexibility index (Phi) is 11.0. The number of aromatic nitrogens is 4. The third-order valence-electron chi connectivity index (χ3n) is 6.40. The number of carbonyl (C=O) groups is 1. The van der Waals surface area contributed by atoms with E-state index in [0.29, 0.717) is 30.7 Å². The first-order valence-electron chi connectivity index (χ1n) is 12.9. The summed E-state index contributed by atoms with van der Waals surface area (Å²) < 4.78 is 12.8. The number of hydroxylamine groups is 1. The number of anilines is 3. The number of carbonyl (C=O) groups excluding carboxylic acids is 1. The molecule has 2 aromatic heterocycles. The first kappa shape index (κ1) is 27.8. The fraction of sp³-hybridized carbons (Fsp3) is 0.520. The molecule has 1 aromatic carbocycles. The van der Waals surface area contributed by atoms with Gasteiger partial charge in [0, 0.05) is 25.2 Å². The summed E-state index contributed by atoms with van der Waals surface area (Å²) in [5, 5.41) is 6.96. The van der Waals surface area contributed by atoms with Crippen molar-refractivity contribution in [3.8, 4) is 5.75 Å². The molecule has 12 heteroatoms. The summed E-state index contributed by atoms with van der Waals surface area (Å²) in [5.74, 6) is 2.11. The molecule has 0 saturated heterocycles. The number of hydrogen-bond acceptors (Lipinski definition) is 8. The van der Waals surface area contributed by atoms with E-state index in [9.17, 15) is 4.79 Å². The molecule has 0 bridgehead atoms. The summed E-state index contributed by atoms with van der Waals surface area (Å²) in [5.41, 5.74) is 4.91. The number of halogens is 1. The predicted molar refractivity (Wildman–Crippen MR) is 157 cm³/mol. The van der Waals surface area contributed by atoms with Crippen LogP contribution < -0.4 is 20.9 Å². The standard InChI is InChI=1S/C25H35IN7O3P/c1-33-17-27-23-22(33)24(28-18-9-5-4-6-10-18)31-25(30-23)29-19-12-14-20(15-13-19)35-16-8-3-2-7-11-21(34)32-36-37-26/h12-15,17-18,37H,2-11,16H2,1H3,(H,32,34)(H2,28,29,30,31). The first-order chi connectivity index (χ1) is 18.1. The molecule has 1 unspecified atom stereocenters. The summed E-state index contributed by atoms with van der Waals surface area (Å²) >= 11 is 2.07. The Morgan fingerprint density at radius 3 is 2.68 bits per heavy atom. The van der Waals surface area contributed by atoms with Gasteiger partial charge < -0.3 is 19.9 Å². The molecule has 1 fully saturated rings. The third kappa shape index (κ3) is 8.65. The second-order valence-corrected chi connectivity index (χ2v) is 10.9. The van der Waals surface area contributed by atoms with Crippen LogP contribution in [0.25, 0.3) is 11.2 Å². The van der Waals surface area contributed by atoms with Gasteiger partial charge in [0.25, 0.3) is 0 Å². The van der Waals surface area contributed by atoms with Gasteiger partial charge in [0.2, 0.25) is 11.9 Å². The van der Waals surface area contributed by atoms with Gasteiger partial charge in [0.05, 0.1) is 12.9 Å². The largest absolute Gasteiger partial charge is 0.494 e. The minimum Gasteiger partial charge on any atom is -0.494 e. The predicted octanol–water partition coefficient (Wildman–Crippen LogP) is 6.17.